The maximum atomic E-state index is 5.85. The second-order valence-corrected chi connectivity index (χ2v) is 7.11. The van der Waals surface area contributed by atoms with Gasteiger partial charge in [-0.2, -0.15) is 0 Å². The lowest BCUT2D eigenvalue weighted by atomic mass is 10.1. The van der Waals surface area contributed by atoms with Crippen LogP contribution in [0.4, 0.5) is 0 Å². The second-order valence-electron chi connectivity index (χ2n) is 6.14. The van der Waals surface area contributed by atoms with Gasteiger partial charge in [0.2, 0.25) is 0 Å². The first-order valence-corrected chi connectivity index (χ1v) is 9.14. The summed E-state index contributed by atoms with van der Waals surface area (Å²) in [6.07, 6.45) is 3.15. The summed E-state index contributed by atoms with van der Waals surface area (Å²) in [4.78, 5) is 5.41. The third kappa shape index (κ3) is 3.83. The fourth-order valence-corrected chi connectivity index (χ4v) is 3.45. The first-order chi connectivity index (χ1) is 11.9. The molecular weight excluding hydrogens is 316 g/mol. The lowest BCUT2D eigenvalue weighted by molar-refractivity contribution is 0.306. The van der Waals surface area contributed by atoms with Crippen molar-refractivity contribution in [1.29, 1.82) is 0 Å². The summed E-state index contributed by atoms with van der Waals surface area (Å²) in [7, 11) is 0. The molecule has 24 heavy (non-hydrogen) atoms. The van der Waals surface area contributed by atoms with Gasteiger partial charge < -0.3 is 10.1 Å². The number of nitrogens with zero attached hydrogens (tertiary/aromatic N) is 1. The third-order valence-corrected chi connectivity index (χ3v) is 5.15. The van der Waals surface area contributed by atoms with Crippen LogP contribution in [0.2, 0.25) is 0 Å². The molecular formula is C20H20N2OS. The van der Waals surface area contributed by atoms with Crippen LogP contribution in [0.5, 0.6) is 5.75 Å². The number of benzene rings is 2. The lowest BCUT2D eigenvalue weighted by Crippen LogP contribution is -2.16. The molecule has 1 saturated carbocycles. The molecule has 0 radical (unpaired) electrons. The largest absolute Gasteiger partial charge is 0.489 e. The molecule has 0 bridgehead atoms. The van der Waals surface area contributed by atoms with E-state index in [9.17, 15) is 0 Å². The number of aromatic nitrogens is 1. The summed E-state index contributed by atoms with van der Waals surface area (Å²) < 4.78 is 5.85. The highest BCUT2D eigenvalue weighted by atomic mass is 32.1. The van der Waals surface area contributed by atoms with Crippen LogP contribution >= 0.6 is 11.3 Å². The minimum Gasteiger partial charge on any atom is -0.489 e. The topological polar surface area (TPSA) is 34.1 Å². The fraction of sp³-hybridized carbons (Fsp3) is 0.250. The Hall–Kier alpha value is -2.17. The van der Waals surface area contributed by atoms with Gasteiger partial charge in [-0.1, -0.05) is 42.5 Å². The van der Waals surface area contributed by atoms with E-state index in [4.69, 9.17) is 4.74 Å². The van der Waals surface area contributed by atoms with E-state index in [0.717, 1.165) is 12.3 Å². The number of nitrogens with one attached hydrogen (secondary N) is 1. The van der Waals surface area contributed by atoms with E-state index in [-0.39, 0.29) is 0 Å². The average Bonchev–Trinajstić information content (AvgIpc) is 3.23. The van der Waals surface area contributed by atoms with E-state index >= 15 is 0 Å². The summed E-state index contributed by atoms with van der Waals surface area (Å²) in [5.74, 6) is 1.55. The van der Waals surface area contributed by atoms with Gasteiger partial charge in [0.15, 0.2) is 0 Å². The highest BCUT2D eigenvalue weighted by Gasteiger charge is 2.37. The zero-order chi connectivity index (χ0) is 16.2. The minimum atomic E-state index is 0.586. The summed E-state index contributed by atoms with van der Waals surface area (Å²) in [5.41, 5.74) is 4.47. The van der Waals surface area contributed by atoms with Crippen LogP contribution in [0.15, 0.2) is 66.3 Å². The molecule has 3 aromatic rings. The zero-order valence-corrected chi connectivity index (χ0v) is 14.2. The van der Waals surface area contributed by atoms with E-state index in [0.29, 0.717) is 18.6 Å². The standard InChI is InChI=1S/C20H20N2OS/c1-2-4-15(5-3-1)13-23-17-8-6-16(7-9-17)19-10-20(19)22-12-18-11-21-14-24-18/h1-9,11,14,19-20,22H,10,12-13H2/t19-,20+/m0/s1. The van der Waals surface area contributed by atoms with Crippen molar-refractivity contribution in [3.63, 3.8) is 0 Å². The van der Waals surface area contributed by atoms with Crippen LogP contribution in [0.25, 0.3) is 0 Å². The minimum absolute atomic E-state index is 0.586. The maximum Gasteiger partial charge on any atom is 0.119 e. The van der Waals surface area contributed by atoms with Crippen LogP contribution in [0, 0.1) is 0 Å². The summed E-state index contributed by atoms with van der Waals surface area (Å²) in [6.45, 7) is 1.53. The molecule has 0 amide bonds. The zero-order valence-electron chi connectivity index (χ0n) is 13.4. The first-order valence-electron chi connectivity index (χ1n) is 8.26. The molecule has 0 aliphatic heterocycles. The van der Waals surface area contributed by atoms with Crippen molar-refractivity contribution >= 4 is 11.3 Å². The molecule has 0 spiro atoms. The highest BCUT2D eigenvalue weighted by molar-refractivity contribution is 7.09. The van der Waals surface area contributed by atoms with Gasteiger partial charge in [0, 0.05) is 29.6 Å². The van der Waals surface area contributed by atoms with Crippen molar-refractivity contribution in [2.45, 2.75) is 31.5 Å². The monoisotopic (exact) mass is 336 g/mol. The molecule has 1 heterocycles. The number of ether oxygens (including phenoxy) is 1. The maximum absolute atomic E-state index is 5.85. The summed E-state index contributed by atoms with van der Waals surface area (Å²) >= 11 is 1.71. The molecule has 4 heteroatoms. The number of rotatable bonds is 7. The fourth-order valence-electron chi connectivity index (χ4n) is 2.90. The van der Waals surface area contributed by atoms with Gasteiger partial charge in [-0.25, -0.2) is 0 Å². The summed E-state index contributed by atoms with van der Waals surface area (Å²) in [5, 5.41) is 3.61. The van der Waals surface area contributed by atoms with Crippen molar-refractivity contribution < 1.29 is 4.74 Å². The van der Waals surface area contributed by atoms with E-state index in [1.54, 1.807) is 11.3 Å². The third-order valence-electron chi connectivity index (χ3n) is 4.37. The molecule has 1 N–H and O–H groups in total. The Morgan fingerprint density at radius 1 is 1.08 bits per heavy atom. The molecule has 122 valence electrons. The predicted octanol–water partition coefficient (Wildman–Crippen LogP) is 4.37. The Balaban J connectivity index is 1.27. The summed E-state index contributed by atoms with van der Waals surface area (Å²) in [6, 6.07) is 19.4. The molecule has 2 aromatic carbocycles. The van der Waals surface area contributed by atoms with Crippen molar-refractivity contribution in [2.24, 2.45) is 0 Å². The SMILES string of the molecule is c1ccc(COc2ccc([C@@H]3C[C@H]3NCc3cncs3)cc2)cc1. The molecule has 2 atom stereocenters. The Labute approximate surface area is 146 Å². The molecule has 1 aromatic heterocycles. The normalized spacial score (nSPS) is 19.2. The Kier molecular flexibility index (Phi) is 4.58. The molecule has 4 rings (SSSR count). The van der Waals surface area contributed by atoms with E-state index < -0.39 is 0 Å². The number of thiazole rings is 1. The van der Waals surface area contributed by atoms with Crippen LogP contribution in [-0.4, -0.2) is 11.0 Å². The smallest absolute Gasteiger partial charge is 0.119 e. The molecule has 1 aliphatic rings. The van der Waals surface area contributed by atoms with Crippen LogP contribution in [0.1, 0.15) is 28.3 Å². The van der Waals surface area contributed by atoms with E-state index in [2.05, 4.69) is 46.7 Å². The van der Waals surface area contributed by atoms with Crippen LogP contribution in [0.3, 0.4) is 0 Å². The van der Waals surface area contributed by atoms with E-state index in [1.807, 2.05) is 29.9 Å². The first kappa shape index (κ1) is 15.4. The average molecular weight is 336 g/mol. The number of hydrogen-bond acceptors (Lipinski definition) is 4. The molecule has 0 saturated heterocycles. The Bertz CT molecular complexity index is 756. The Morgan fingerprint density at radius 3 is 2.67 bits per heavy atom. The van der Waals surface area contributed by atoms with Gasteiger partial charge in [-0.05, 0) is 29.7 Å². The molecule has 1 aliphatic carbocycles. The molecule has 3 nitrogen and oxygen atoms in total. The Morgan fingerprint density at radius 2 is 1.92 bits per heavy atom. The molecule has 0 unspecified atom stereocenters. The quantitative estimate of drug-likeness (QED) is 0.696. The molecule has 1 fully saturated rings. The van der Waals surface area contributed by atoms with Crippen molar-refractivity contribution in [3.8, 4) is 5.75 Å². The lowest BCUT2D eigenvalue weighted by Gasteiger charge is -2.07. The van der Waals surface area contributed by atoms with Crippen LogP contribution in [-0.2, 0) is 13.2 Å². The van der Waals surface area contributed by atoms with Crippen molar-refractivity contribution in [1.82, 2.24) is 10.3 Å². The number of hydrogen-bond donors (Lipinski definition) is 1. The van der Waals surface area contributed by atoms with Gasteiger partial charge in [0.25, 0.3) is 0 Å². The van der Waals surface area contributed by atoms with Gasteiger partial charge in [0.1, 0.15) is 12.4 Å². The van der Waals surface area contributed by atoms with Crippen LogP contribution < -0.4 is 10.1 Å². The van der Waals surface area contributed by atoms with Crippen molar-refractivity contribution in [2.75, 3.05) is 0 Å². The van der Waals surface area contributed by atoms with Gasteiger partial charge in [-0.3, -0.25) is 4.98 Å². The second kappa shape index (κ2) is 7.16. The highest BCUT2D eigenvalue weighted by Crippen LogP contribution is 2.41. The van der Waals surface area contributed by atoms with Gasteiger partial charge in [0.05, 0.1) is 5.51 Å². The van der Waals surface area contributed by atoms with Gasteiger partial charge >= 0.3 is 0 Å². The van der Waals surface area contributed by atoms with E-state index in [1.165, 1.54) is 22.4 Å². The van der Waals surface area contributed by atoms with Gasteiger partial charge in [-0.15, -0.1) is 11.3 Å². The predicted molar refractivity (Wildman–Crippen MR) is 97.3 cm³/mol. The van der Waals surface area contributed by atoms with Crippen molar-refractivity contribution in [3.05, 3.63) is 82.3 Å².